The van der Waals surface area contributed by atoms with Crippen LogP contribution in [0.3, 0.4) is 0 Å². The minimum absolute atomic E-state index is 0.138. The van der Waals surface area contributed by atoms with Crippen LogP contribution in [0.1, 0.15) is 64.9 Å². The molecule has 5 rings (SSSR count). The molecule has 6 nitrogen and oxygen atoms in total. The summed E-state index contributed by atoms with van der Waals surface area (Å²) in [6, 6.07) is 7.38. The van der Waals surface area contributed by atoms with Gasteiger partial charge in [-0.15, -0.1) is 21.5 Å². The molecule has 1 atom stereocenters. The normalized spacial score (nSPS) is 18.1. The van der Waals surface area contributed by atoms with Crippen LogP contribution in [0.25, 0.3) is 5.00 Å². The van der Waals surface area contributed by atoms with Crippen LogP contribution in [0.15, 0.2) is 29.3 Å². The van der Waals surface area contributed by atoms with Crippen LogP contribution in [0.4, 0.5) is 0 Å². The molecule has 0 radical (unpaired) electrons. The molecule has 0 N–H and O–H groups in total. The molecule has 0 aliphatic carbocycles. The molecule has 0 saturated carbocycles. The van der Waals surface area contributed by atoms with Crippen molar-refractivity contribution in [2.75, 3.05) is 13.1 Å². The molecule has 1 fully saturated rings. The Bertz CT molecular complexity index is 1200. The van der Waals surface area contributed by atoms with Crippen molar-refractivity contribution in [2.24, 2.45) is 4.99 Å². The summed E-state index contributed by atoms with van der Waals surface area (Å²) in [7, 11) is 0. The molecule has 2 aromatic heterocycles. The molecule has 32 heavy (non-hydrogen) atoms. The number of rotatable bonds is 3. The molecule has 166 valence electrons. The number of aryl methyl sites for hydroxylation is 2. The average molecular weight is 468 g/mol. The van der Waals surface area contributed by atoms with Gasteiger partial charge >= 0.3 is 0 Å². The standard InChI is InChI=1S/C24H26ClN5OS/c1-14-15(2)32-24-21(14)22(17-7-9-18(25)10-8-17)26-19(23-28-27-16(3)30(23)24)13-20(31)29-11-5-4-6-12-29/h7-10,19H,4-6,11-13H2,1-3H3. The Hall–Kier alpha value is -2.51. The number of carbonyl (C=O) groups is 1. The summed E-state index contributed by atoms with van der Waals surface area (Å²) in [5.41, 5.74) is 4.16. The number of carbonyl (C=O) groups excluding carboxylic acids is 1. The van der Waals surface area contributed by atoms with Gasteiger partial charge in [-0.25, -0.2) is 0 Å². The Labute approximate surface area is 197 Å². The first-order valence-electron chi connectivity index (χ1n) is 11.1. The maximum atomic E-state index is 13.2. The second-order valence-electron chi connectivity index (χ2n) is 8.55. The molecule has 1 unspecified atom stereocenters. The van der Waals surface area contributed by atoms with E-state index in [-0.39, 0.29) is 5.91 Å². The van der Waals surface area contributed by atoms with Crippen LogP contribution in [-0.2, 0) is 4.79 Å². The Morgan fingerprint density at radius 1 is 1.09 bits per heavy atom. The molecule has 1 amide bonds. The highest BCUT2D eigenvalue weighted by Gasteiger charge is 2.33. The zero-order chi connectivity index (χ0) is 22.4. The quantitative estimate of drug-likeness (QED) is 0.531. The van der Waals surface area contributed by atoms with Gasteiger partial charge in [0.2, 0.25) is 5.91 Å². The second kappa shape index (κ2) is 8.45. The zero-order valence-electron chi connectivity index (χ0n) is 18.6. The van der Waals surface area contributed by atoms with E-state index in [2.05, 4.69) is 28.6 Å². The number of likely N-dealkylation sites (tertiary alicyclic amines) is 1. The first-order chi connectivity index (χ1) is 15.4. The smallest absolute Gasteiger partial charge is 0.225 e. The average Bonchev–Trinajstić information content (AvgIpc) is 3.27. The SMILES string of the molecule is Cc1sc2c(c1C)C(c1ccc(Cl)cc1)=NC(CC(=O)N1CCCCC1)c1nnc(C)n1-2. The number of amides is 1. The number of fused-ring (bicyclic) bond motifs is 3. The molecule has 0 spiro atoms. The van der Waals surface area contributed by atoms with Gasteiger partial charge in [0.25, 0.3) is 0 Å². The minimum atomic E-state index is -0.393. The van der Waals surface area contributed by atoms with Crippen molar-refractivity contribution in [3.8, 4) is 5.00 Å². The van der Waals surface area contributed by atoms with Gasteiger partial charge in [-0.05, 0) is 57.7 Å². The zero-order valence-corrected chi connectivity index (χ0v) is 20.1. The highest BCUT2D eigenvalue weighted by atomic mass is 35.5. The molecule has 2 aliphatic rings. The van der Waals surface area contributed by atoms with Gasteiger partial charge in [0, 0.05) is 34.1 Å². The van der Waals surface area contributed by atoms with Crippen LogP contribution in [0, 0.1) is 20.8 Å². The predicted molar refractivity (Wildman–Crippen MR) is 128 cm³/mol. The van der Waals surface area contributed by atoms with Crippen molar-refractivity contribution in [3.05, 3.63) is 62.5 Å². The molecular weight excluding hydrogens is 442 g/mol. The van der Waals surface area contributed by atoms with Gasteiger partial charge in [-0.3, -0.25) is 14.4 Å². The third-order valence-corrected chi connectivity index (χ3v) is 7.88. The van der Waals surface area contributed by atoms with E-state index in [0.717, 1.165) is 59.4 Å². The topological polar surface area (TPSA) is 63.4 Å². The lowest BCUT2D eigenvalue weighted by Crippen LogP contribution is -2.36. The Kier molecular flexibility index (Phi) is 5.63. The maximum absolute atomic E-state index is 13.2. The monoisotopic (exact) mass is 467 g/mol. The van der Waals surface area contributed by atoms with E-state index >= 15 is 0 Å². The fraction of sp³-hybridized carbons (Fsp3) is 0.417. The third kappa shape index (κ3) is 3.67. The van der Waals surface area contributed by atoms with Gasteiger partial charge in [0.1, 0.15) is 16.9 Å². The van der Waals surface area contributed by atoms with E-state index in [1.807, 2.05) is 36.1 Å². The summed E-state index contributed by atoms with van der Waals surface area (Å²) in [5.74, 6) is 1.68. The lowest BCUT2D eigenvalue weighted by atomic mass is 9.99. The van der Waals surface area contributed by atoms with Crippen molar-refractivity contribution in [1.82, 2.24) is 19.7 Å². The number of aromatic nitrogens is 3. The largest absolute Gasteiger partial charge is 0.343 e. The number of halogens is 1. The van der Waals surface area contributed by atoms with E-state index in [1.165, 1.54) is 16.9 Å². The van der Waals surface area contributed by atoms with Crippen LogP contribution >= 0.6 is 22.9 Å². The second-order valence-corrected chi connectivity index (χ2v) is 10.2. The lowest BCUT2D eigenvalue weighted by Gasteiger charge is -2.27. The summed E-state index contributed by atoms with van der Waals surface area (Å²) in [4.78, 5) is 21.6. The summed E-state index contributed by atoms with van der Waals surface area (Å²) in [6.07, 6.45) is 3.63. The Morgan fingerprint density at radius 3 is 2.53 bits per heavy atom. The number of benzene rings is 1. The van der Waals surface area contributed by atoms with Crippen molar-refractivity contribution in [2.45, 2.75) is 52.5 Å². The molecule has 3 aromatic rings. The molecule has 0 bridgehead atoms. The molecule has 1 saturated heterocycles. The van der Waals surface area contributed by atoms with Crippen molar-refractivity contribution < 1.29 is 4.79 Å². The fourth-order valence-corrected chi connectivity index (χ4v) is 5.91. The number of nitrogens with zero attached hydrogens (tertiary/aromatic N) is 5. The van der Waals surface area contributed by atoms with Gasteiger partial charge < -0.3 is 4.90 Å². The lowest BCUT2D eigenvalue weighted by molar-refractivity contribution is -0.132. The number of hydrogen-bond acceptors (Lipinski definition) is 5. The van der Waals surface area contributed by atoms with Crippen LogP contribution in [0.2, 0.25) is 5.02 Å². The number of piperidine rings is 1. The Balaban J connectivity index is 1.66. The predicted octanol–water partition coefficient (Wildman–Crippen LogP) is 5.20. The third-order valence-electron chi connectivity index (χ3n) is 6.43. The van der Waals surface area contributed by atoms with E-state index in [0.29, 0.717) is 11.4 Å². The molecule has 4 heterocycles. The molecular formula is C24H26ClN5OS. The van der Waals surface area contributed by atoms with Crippen molar-refractivity contribution in [3.63, 3.8) is 0 Å². The fourth-order valence-electron chi connectivity index (χ4n) is 4.57. The number of thiophene rings is 1. The summed E-state index contributed by atoms with van der Waals surface area (Å²) in [6.45, 7) is 7.88. The summed E-state index contributed by atoms with van der Waals surface area (Å²) in [5, 5.41) is 10.6. The molecule has 2 aliphatic heterocycles. The molecule has 1 aromatic carbocycles. The van der Waals surface area contributed by atoms with Crippen molar-refractivity contribution in [1.29, 1.82) is 0 Å². The first-order valence-corrected chi connectivity index (χ1v) is 12.3. The van der Waals surface area contributed by atoms with E-state index in [1.54, 1.807) is 11.3 Å². The van der Waals surface area contributed by atoms with Crippen LogP contribution in [-0.4, -0.2) is 44.4 Å². The van der Waals surface area contributed by atoms with Gasteiger partial charge in [-0.2, -0.15) is 0 Å². The van der Waals surface area contributed by atoms with E-state index in [9.17, 15) is 4.79 Å². The summed E-state index contributed by atoms with van der Waals surface area (Å²) < 4.78 is 2.10. The number of aliphatic imine (C=N–C) groups is 1. The van der Waals surface area contributed by atoms with Crippen molar-refractivity contribution >= 4 is 34.6 Å². The number of hydrogen-bond donors (Lipinski definition) is 0. The van der Waals surface area contributed by atoms with Crippen LogP contribution in [0.5, 0.6) is 0 Å². The maximum Gasteiger partial charge on any atom is 0.225 e. The minimum Gasteiger partial charge on any atom is -0.343 e. The molecule has 8 heteroatoms. The van der Waals surface area contributed by atoms with Gasteiger partial charge in [0.15, 0.2) is 5.82 Å². The van der Waals surface area contributed by atoms with Gasteiger partial charge in [0.05, 0.1) is 12.1 Å². The highest BCUT2D eigenvalue weighted by Crippen LogP contribution is 2.39. The Morgan fingerprint density at radius 2 is 1.81 bits per heavy atom. The summed E-state index contributed by atoms with van der Waals surface area (Å²) >= 11 is 7.89. The van der Waals surface area contributed by atoms with E-state index < -0.39 is 6.04 Å². The van der Waals surface area contributed by atoms with Gasteiger partial charge in [-0.1, -0.05) is 23.7 Å². The first kappa shape index (κ1) is 21.3. The highest BCUT2D eigenvalue weighted by molar-refractivity contribution is 7.15. The van der Waals surface area contributed by atoms with Crippen LogP contribution < -0.4 is 0 Å². The van der Waals surface area contributed by atoms with E-state index in [4.69, 9.17) is 16.6 Å².